The third kappa shape index (κ3) is 2.48. The minimum atomic E-state index is -0.517. The van der Waals surface area contributed by atoms with Gasteiger partial charge in [-0.3, -0.25) is 0 Å². The standard InChI is InChI=1S/C12H10FN7O/c1-21-9-3-2-7(4-8(9)13)10-17-11(14)19-12(18-10)20-6-15-5-16-20/h2-6H,1H3,(H2,14,17,18,19). The molecular formula is C12H10FN7O. The average Bonchev–Trinajstić information content (AvgIpc) is 3.01. The van der Waals surface area contributed by atoms with Crippen LogP contribution < -0.4 is 10.5 Å². The van der Waals surface area contributed by atoms with Crippen LogP contribution in [-0.2, 0) is 0 Å². The number of hydrogen-bond acceptors (Lipinski definition) is 7. The second-order valence-corrected chi connectivity index (χ2v) is 4.01. The van der Waals surface area contributed by atoms with Crippen LogP contribution in [0.3, 0.4) is 0 Å². The molecule has 106 valence electrons. The lowest BCUT2D eigenvalue weighted by atomic mass is 10.2. The molecule has 0 aliphatic rings. The first-order valence-electron chi connectivity index (χ1n) is 5.88. The molecule has 2 N–H and O–H groups in total. The fraction of sp³-hybridized carbons (Fsp3) is 0.0833. The largest absolute Gasteiger partial charge is 0.494 e. The zero-order valence-electron chi connectivity index (χ0n) is 10.9. The van der Waals surface area contributed by atoms with Gasteiger partial charge in [0.15, 0.2) is 17.4 Å². The smallest absolute Gasteiger partial charge is 0.257 e. The van der Waals surface area contributed by atoms with Crippen molar-refractivity contribution in [3.8, 4) is 23.1 Å². The van der Waals surface area contributed by atoms with E-state index in [-0.39, 0.29) is 23.5 Å². The Hall–Kier alpha value is -3.10. The minimum Gasteiger partial charge on any atom is -0.494 e. The third-order valence-electron chi connectivity index (χ3n) is 2.67. The molecule has 2 aromatic heterocycles. The van der Waals surface area contributed by atoms with E-state index >= 15 is 0 Å². The fourth-order valence-corrected chi connectivity index (χ4v) is 1.73. The summed E-state index contributed by atoms with van der Waals surface area (Å²) >= 11 is 0. The van der Waals surface area contributed by atoms with E-state index in [0.717, 1.165) is 0 Å². The number of aromatic nitrogens is 6. The molecule has 1 aromatic carbocycles. The van der Waals surface area contributed by atoms with Gasteiger partial charge in [0, 0.05) is 5.56 Å². The number of hydrogen-bond donors (Lipinski definition) is 1. The molecule has 21 heavy (non-hydrogen) atoms. The Labute approximate surface area is 118 Å². The highest BCUT2D eigenvalue weighted by Crippen LogP contribution is 2.23. The summed E-state index contributed by atoms with van der Waals surface area (Å²) in [6, 6.07) is 4.38. The lowest BCUT2D eigenvalue weighted by Gasteiger charge is -2.06. The van der Waals surface area contributed by atoms with Crippen LogP contribution in [0.4, 0.5) is 10.3 Å². The predicted octanol–water partition coefficient (Wildman–Crippen LogP) is 0.849. The molecule has 0 fully saturated rings. The highest BCUT2D eigenvalue weighted by atomic mass is 19.1. The van der Waals surface area contributed by atoms with E-state index in [1.807, 2.05) is 0 Å². The number of anilines is 1. The van der Waals surface area contributed by atoms with Crippen molar-refractivity contribution in [3.05, 3.63) is 36.7 Å². The molecule has 0 radical (unpaired) electrons. The number of halogens is 1. The number of rotatable bonds is 3. The highest BCUT2D eigenvalue weighted by Gasteiger charge is 2.11. The van der Waals surface area contributed by atoms with Gasteiger partial charge in [0.25, 0.3) is 5.95 Å². The van der Waals surface area contributed by atoms with E-state index in [1.54, 1.807) is 6.07 Å². The molecule has 0 spiro atoms. The zero-order valence-corrected chi connectivity index (χ0v) is 10.9. The van der Waals surface area contributed by atoms with Gasteiger partial charge in [-0.1, -0.05) is 0 Å². The van der Waals surface area contributed by atoms with Crippen molar-refractivity contribution in [1.82, 2.24) is 29.7 Å². The van der Waals surface area contributed by atoms with Crippen LogP contribution in [0, 0.1) is 5.82 Å². The summed E-state index contributed by atoms with van der Waals surface area (Å²) in [5, 5.41) is 3.91. The Morgan fingerprint density at radius 1 is 1.24 bits per heavy atom. The van der Waals surface area contributed by atoms with Crippen molar-refractivity contribution in [2.75, 3.05) is 12.8 Å². The quantitative estimate of drug-likeness (QED) is 0.761. The van der Waals surface area contributed by atoms with Crippen LogP contribution >= 0.6 is 0 Å². The van der Waals surface area contributed by atoms with Crippen LogP contribution in [0.2, 0.25) is 0 Å². The second-order valence-electron chi connectivity index (χ2n) is 4.01. The summed E-state index contributed by atoms with van der Waals surface area (Å²) in [4.78, 5) is 15.9. The maximum Gasteiger partial charge on any atom is 0.257 e. The minimum absolute atomic E-state index is 0.00160. The molecule has 0 unspecified atom stereocenters. The summed E-state index contributed by atoms with van der Waals surface area (Å²) in [5.74, 6) is 0.0519. The first-order chi connectivity index (χ1) is 10.2. The van der Waals surface area contributed by atoms with Crippen molar-refractivity contribution in [1.29, 1.82) is 0 Å². The molecule has 0 aliphatic carbocycles. The van der Waals surface area contributed by atoms with Crippen LogP contribution in [0.15, 0.2) is 30.9 Å². The normalized spacial score (nSPS) is 10.6. The first kappa shape index (κ1) is 12.9. The topological polar surface area (TPSA) is 105 Å². The summed E-state index contributed by atoms with van der Waals surface area (Å²) in [6.45, 7) is 0. The summed E-state index contributed by atoms with van der Waals surface area (Å²) in [7, 11) is 1.39. The van der Waals surface area contributed by atoms with Gasteiger partial charge in [-0.2, -0.15) is 24.7 Å². The lowest BCUT2D eigenvalue weighted by Crippen LogP contribution is -2.08. The van der Waals surface area contributed by atoms with Gasteiger partial charge in [-0.25, -0.2) is 9.37 Å². The number of ether oxygens (including phenoxy) is 1. The highest BCUT2D eigenvalue weighted by molar-refractivity contribution is 5.58. The van der Waals surface area contributed by atoms with E-state index in [0.29, 0.717) is 5.56 Å². The van der Waals surface area contributed by atoms with Crippen molar-refractivity contribution in [2.45, 2.75) is 0 Å². The van der Waals surface area contributed by atoms with E-state index in [1.165, 1.54) is 36.6 Å². The number of nitrogens with two attached hydrogens (primary N) is 1. The lowest BCUT2D eigenvalue weighted by molar-refractivity contribution is 0.386. The van der Waals surface area contributed by atoms with Crippen LogP contribution in [0.1, 0.15) is 0 Å². The Kier molecular flexibility index (Phi) is 3.14. The Morgan fingerprint density at radius 2 is 2.10 bits per heavy atom. The fourth-order valence-electron chi connectivity index (χ4n) is 1.73. The van der Waals surface area contributed by atoms with Crippen LogP contribution in [0.5, 0.6) is 5.75 Å². The van der Waals surface area contributed by atoms with Crippen molar-refractivity contribution in [2.24, 2.45) is 0 Å². The van der Waals surface area contributed by atoms with Gasteiger partial charge >= 0.3 is 0 Å². The molecular weight excluding hydrogens is 277 g/mol. The summed E-state index contributed by atoms with van der Waals surface area (Å²) in [6.07, 6.45) is 2.76. The molecule has 3 rings (SSSR count). The van der Waals surface area contributed by atoms with Crippen molar-refractivity contribution < 1.29 is 9.13 Å². The number of nitrogen functional groups attached to an aromatic ring is 1. The van der Waals surface area contributed by atoms with E-state index in [9.17, 15) is 4.39 Å². The zero-order chi connectivity index (χ0) is 14.8. The van der Waals surface area contributed by atoms with Gasteiger partial charge < -0.3 is 10.5 Å². The molecule has 2 heterocycles. The maximum absolute atomic E-state index is 13.8. The molecule has 0 saturated heterocycles. The number of benzene rings is 1. The average molecular weight is 287 g/mol. The van der Waals surface area contributed by atoms with Crippen LogP contribution in [-0.4, -0.2) is 36.8 Å². The van der Waals surface area contributed by atoms with Gasteiger partial charge in [0.1, 0.15) is 12.7 Å². The van der Waals surface area contributed by atoms with Gasteiger partial charge in [0.2, 0.25) is 5.95 Å². The summed E-state index contributed by atoms with van der Waals surface area (Å²) < 4.78 is 20.0. The van der Waals surface area contributed by atoms with Crippen LogP contribution in [0.25, 0.3) is 17.3 Å². The van der Waals surface area contributed by atoms with E-state index in [2.05, 4.69) is 25.0 Å². The number of methoxy groups -OCH3 is 1. The first-order valence-corrected chi connectivity index (χ1v) is 5.88. The second kappa shape index (κ2) is 5.12. The van der Waals surface area contributed by atoms with Gasteiger partial charge in [-0.05, 0) is 18.2 Å². The SMILES string of the molecule is COc1ccc(-c2nc(N)nc(-n3cncn3)n2)cc1F. The molecule has 0 amide bonds. The van der Waals surface area contributed by atoms with Crippen molar-refractivity contribution in [3.63, 3.8) is 0 Å². The van der Waals surface area contributed by atoms with Gasteiger partial charge in [-0.15, -0.1) is 0 Å². The predicted molar refractivity (Wildman–Crippen MR) is 71.1 cm³/mol. The van der Waals surface area contributed by atoms with Gasteiger partial charge in [0.05, 0.1) is 7.11 Å². The molecule has 3 aromatic rings. The molecule has 0 atom stereocenters. The molecule has 8 nitrogen and oxygen atoms in total. The molecule has 0 aliphatic heterocycles. The molecule has 9 heteroatoms. The Morgan fingerprint density at radius 3 is 2.76 bits per heavy atom. The Balaban J connectivity index is 2.08. The monoisotopic (exact) mass is 287 g/mol. The van der Waals surface area contributed by atoms with E-state index < -0.39 is 5.82 Å². The number of nitrogens with zero attached hydrogens (tertiary/aromatic N) is 6. The maximum atomic E-state index is 13.8. The summed E-state index contributed by atoms with van der Waals surface area (Å²) in [5.41, 5.74) is 6.10. The molecule has 0 bridgehead atoms. The molecule has 0 saturated carbocycles. The Bertz CT molecular complexity index is 775. The third-order valence-corrected chi connectivity index (χ3v) is 2.67. The van der Waals surface area contributed by atoms with Crippen molar-refractivity contribution >= 4 is 5.95 Å². The van der Waals surface area contributed by atoms with E-state index in [4.69, 9.17) is 10.5 Å².